The van der Waals surface area contributed by atoms with E-state index in [-0.39, 0.29) is 18.3 Å². The molecule has 0 radical (unpaired) electrons. The van der Waals surface area contributed by atoms with Crippen molar-refractivity contribution in [1.82, 2.24) is 10.3 Å². The van der Waals surface area contributed by atoms with E-state index in [2.05, 4.69) is 10.3 Å². The fourth-order valence-corrected chi connectivity index (χ4v) is 2.83. The molecule has 2 aromatic rings. The first-order valence-corrected chi connectivity index (χ1v) is 8.74. The molecule has 0 aliphatic rings. The first-order chi connectivity index (χ1) is 11.7. The Labute approximate surface area is 158 Å². The summed E-state index contributed by atoms with van der Waals surface area (Å²) < 4.78 is 10.7. The lowest BCUT2D eigenvalue weighted by Crippen LogP contribution is -2.25. The SMILES string of the molecule is COc1ccc(COCCCNC(=O)c2csc(CCN)n2)cc1.Cl. The van der Waals surface area contributed by atoms with Crippen LogP contribution in [0.2, 0.25) is 0 Å². The third-order valence-corrected chi connectivity index (χ3v) is 4.23. The quantitative estimate of drug-likeness (QED) is 0.613. The van der Waals surface area contributed by atoms with E-state index >= 15 is 0 Å². The van der Waals surface area contributed by atoms with E-state index in [0.717, 1.165) is 22.7 Å². The predicted molar refractivity (Wildman–Crippen MR) is 102 cm³/mol. The Kier molecular flexibility index (Phi) is 10.1. The van der Waals surface area contributed by atoms with Crippen molar-refractivity contribution in [3.63, 3.8) is 0 Å². The second kappa shape index (κ2) is 11.8. The highest BCUT2D eigenvalue weighted by molar-refractivity contribution is 7.09. The van der Waals surface area contributed by atoms with Gasteiger partial charge in [0.2, 0.25) is 0 Å². The van der Waals surface area contributed by atoms with Gasteiger partial charge in [0.1, 0.15) is 11.4 Å². The largest absolute Gasteiger partial charge is 0.497 e. The average Bonchev–Trinajstić information content (AvgIpc) is 3.07. The smallest absolute Gasteiger partial charge is 0.270 e. The van der Waals surface area contributed by atoms with E-state index in [9.17, 15) is 4.79 Å². The summed E-state index contributed by atoms with van der Waals surface area (Å²) in [5.41, 5.74) is 7.03. The fraction of sp³-hybridized carbons (Fsp3) is 0.412. The molecule has 0 saturated heterocycles. The van der Waals surface area contributed by atoms with E-state index in [4.69, 9.17) is 15.2 Å². The zero-order chi connectivity index (χ0) is 17.2. The Bertz CT molecular complexity index is 634. The van der Waals surface area contributed by atoms with Gasteiger partial charge >= 0.3 is 0 Å². The average molecular weight is 386 g/mol. The summed E-state index contributed by atoms with van der Waals surface area (Å²) in [5, 5.41) is 5.50. The summed E-state index contributed by atoms with van der Waals surface area (Å²) in [6, 6.07) is 7.76. The van der Waals surface area contributed by atoms with Gasteiger partial charge in [0, 0.05) is 25.0 Å². The summed E-state index contributed by atoms with van der Waals surface area (Å²) in [4.78, 5) is 16.2. The summed E-state index contributed by atoms with van der Waals surface area (Å²) in [6.07, 6.45) is 1.46. The van der Waals surface area contributed by atoms with E-state index < -0.39 is 0 Å². The number of aromatic nitrogens is 1. The highest BCUT2D eigenvalue weighted by Crippen LogP contribution is 2.12. The minimum Gasteiger partial charge on any atom is -0.497 e. The fourth-order valence-electron chi connectivity index (χ4n) is 2.03. The van der Waals surface area contributed by atoms with Crippen LogP contribution in [0.4, 0.5) is 0 Å². The van der Waals surface area contributed by atoms with Crippen LogP contribution in [0.5, 0.6) is 5.75 Å². The van der Waals surface area contributed by atoms with Gasteiger partial charge in [0.15, 0.2) is 0 Å². The van der Waals surface area contributed by atoms with Gasteiger partial charge in [-0.25, -0.2) is 4.98 Å². The van der Waals surface area contributed by atoms with Crippen molar-refractivity contribution >= 4 is 29.7 Å². The third-order valence-electron chi connectivity index (χ3n) is 3.32. The monoisotopic (exact) mass is 385 g/mol. The summed E-state index contributed by atoms with van der Waals surface area (Å²) in [6.45, 7) is 2.24. The summed E-state index contributed by atoms with van der Waals surface area (Å²) in [7, 11) is 1.64. The molecule has 25 heavy (non-hydrogen) atoms. The number of nitrogens with zero attached hydrogens (tertiary/aromatic N) is 1. The van der Waals surface area contributed by atoms with Gasteiger partial charge in [0.25, 0.3) is 5.91 Å². The highest BCUT2D eigenvalue weighted by Gasteiger charge is 2.09. The van der Waals surface area contributed by atoms with E-state index in [0.29, 0.717) is 38.4 Å². The Morgan fingerprint density at radius 1 is 1.32 bits per heavy atom. The van der Waals surface area contributed by atoms with Crippen LogP contribution in [0.15, 0.2) is 29.6 Å². The van der Waals surface area contributed by atoms with Gasteiger partial charge in [0.05, 0.1) is 18.7 Å². The molecule has 8 heteroatoms. The lowest BCUT2D eigenvalue weighted by molar-refractivity contribution is 0.0930. The number of benzene rings is 1. The summed E-state index contributed by atoms with van der Waals surface area (Å²) in [5.74, 6) is 0.683. The highest BCUT2D eigenvalue weighted by atomic mass is 35.5. The van der Waals surface area contributed by atoms with Crippen molar-refractivity contribution < 1.29 is 14.3 Å². The number of ether oxygens (including phenoxy) is 2. The molecule has 1 aromatic heterocycles. The minimum atomic E-state index is -0.148. The van der Waals surface area contributed by atoms with Gasteiger partial charge in [-0.15, -0.1) is 23.7 Å². The van der Waals surface area contributed by atoms with Crippen LogP contribution in [0.1, 0.15) is 27.5 Å². The standard InChI is InChI=1S/C17H23N3O3S.ClH/c1-22-14-5-3-13(4-6-14)11-23-10-2-9-19-17(21)15-12-24-16(20-15)7-8-18;/h3-6,12H,2,7-11,18H2,1H3,(H,19,21);1H. The molecule has 1 aromatic carbocycles. The van der Waals surface area contributed by atoms with Crippen molar-refractivity contribution in [3.8, 4) is 5.75 Å². The maximum Gasteiger partial charge on any atom is 0.270 e. The number of nitrogens with two attached hydrogens (primary N) is 1. The lowest BCUT2D eigenvalue weighted by Gasteiger charge is -2.06. The Morgan fingerprint density at radius 3 is 2.76 bits per heavy atom. The van der Waals surface area contributed by atoms with Crippen molar-refractivity contribution in [2.75, 3.05) is 26.8 Å². The van der Waals surface area contributed by atoms with Gasteiger partial charge in [-0.1, -0.05) is 12.1 Å². The topological polar surface area (TPSA) is 86.5 Å². The molecule has 0 aliphatic heterocycles. The van der Waals surface area contributed by atoms with Gasteiger partial charge in [-0.2, -0.15) is 0 Å². The molecule has 1 amide bonds. The van der Waals surface area contributed by atoms with E-state index in [1.54, 1.807) is 12.5 Å². The predicted octanol–water partition coefficient (Wildman–Crippen LogP) is 2.41. The van der Waals surface area contributed by atoms with E-state index in [1.807, 2.05) is 24.3 Å². The summed E-state index contributed by atoms with van der Waals surface area (Å²) >= 11 is 1.46. The van der Waals surface area contributed by atoms with E-state index in [1.165, 1.54) is 11.3 Å². The molecule has 0 unspecified atom stereocenters. The number of thiazole rings is 1. The Hall–Kier alpha value is -1.67. The number of halogens is 1. The number of hydrogen-bond donors (Lipinski definition) is 2. The molecule has 0 atom stereocenters. The molecular weight excluding hydrogens is 362 g/mol. The normalized spacial score (nSPS) is 10.2. The van der Waals surface area contributed by atoms with Crippen molar-refractivity contribution in [2.24, 2.45) is 5.73 Å². The van der Waals surface area contributed by atoms with Crippen LogP contribution in [-0.2, 0) is 17.8 Å². The van der Waals surface area contributed by atoms with Gasteiger partial charge in [-0.3, -0.25) is 4.79 Å². The maximum absolute atomic E-state index is 11.9. The van der Waals surface area contributed by atoms with Crippen LogP contribution in [0, 0.1) is 0 Å². The molecule has 0 spiro atoms. The Morgan fingerprint density at radius 2 is 2.08 bits per heavy atom. The molecule has 3 N–H and O–H groups in total. The molecule has 1 heterocycles. The molecule has 0 saturated carbocycles. The first kappa shape index (κ1) is 21.4. The van der Waals surface area contributed by atoms with Crippen LogP contribution < -0.4 is 15.8 Å². The Balaban J connectivity index is 0.00000312. The van der Waals surface area contributed by atoms with Crippen LogP contribution in [0.3, 0.4) is 0 Å². The number of methoxy groups -OCH3 is 1. The molecule has 0 bridgehead atoms. The van der Waals surface area contributed by atoms with Crippen LogP contribution >= 0.6 is 23.7 Å². The minimum absolute atomic E-state index is 0. The second-order valence-electron chi connectivity index (χ2n) is 5.18. The lowest BCUT2D eigenvalue weighted by atomic mass is 10.2. The molecule has 2 rings (SSSR count). The van der Waals surface area contributed by atoms with Crippen LogP contribution in [0.25, 0.3) is 0 Å². The van der Waals surface area contributed by atoms with Crippen molar-refractivity contribution in [3.05, 3.63) is 45.9 Å². The zero-order valence-corrected chi connectivity index (χ0v) is 15.8. The number of rotatable bonds is 10. The number of nitrogens with one attached hydrogen (secondary N) is 1. The zero-order valence-electron chi connectivity index (χ0n) is 14.2. The number of carbonyl (C=O) groups is 1. The molecule has 0 fully saturated rings. The second-order valence-corrected chi connectivity index (χ2v) is 6.12. The van der Waals surface area contributed by atoms with Crippen LogP contribution in [-0.4, -0.2) is 37.7 Å². The van der Waals surface area contributed by atoms with Crippen molar-refractivity contribution in [2.45, 2.75) is 19.4 Å². The molecule has 138 valence electrons. The molecular formula is C17H24ClN3O3S. The third kappa shape index (κ3) is 7.39. The van der Waals surface area contributed by atoms with Gasteiger partial charge < -0.3 is 20.5 Å². The van der Waals surface area contributed by atoms with Gasteiger partial charge in [-0.05, 0) is 30.7 Å². The molecule has 0 aliphatic carbocycles. The number of hydrogen-bond acceptors (Lipinski definition) is 6. The molecule has 6 nitrogen and oxygen atoms in total. The first-order valence-electron chi connectivity index (χ1n) is 7.86. The maximum atomic E-state index is 11.9. The number of amides is 1. The van der Waals surface area contributed by atoms with Crippen molar-refractivity contribution in [1.29, 1.82) is 0 Å². The number of carbonyl (C=O) groups excluding carboxylic acids is 1.